The summed E-state index contributed by atoms with van der Waals surface area (Å²) in [6.07, 6.45) is -0.362. The van der Waals surface area contributed by atoms with Gasteiger partial charge in [0.1, 0.15) is 9.92 Å². The minimum absolute atomic E-state index is 0.0711. The van der Waals surface area contributed by atoms with Crippen molar-refractivity contribution >= 4 is 16.0 Å². The van der Waals surface area contributed by atoms with Crippen LogP contribution in [0.2, 0.25) is 0 Å². The van der Waals surface area contributed by atoms with Crippen LogP contribution < -0.4 is 4.72 Å². The Balaban J connectivity index is 2.03. The highest BCUT2D eigenvalue weighted by atomic mass is 32.2. The number of carboxylic acid groups (broad SMARTS) is 1. The Bertz CT molecular complexity index is 1230. The first-order valence-electron chi connectivity index (χ1n) is 8.23. The van der Waals surface area contributed by atoms with Crippen molar-refractivity contribution in [2.24, 2.45) is 4.36 Å². The van der Waals surface area contributed by atoms with Crippen molar-refractivity contribution in [1.82, 2.24) is 19.5 Å². The Kier molecular flexibility index (Phi) is 5.31. The summed E-state index contributed by atoms with van der Waals surface area (Å²) < 4.78 is 19.4. The van der Waals surface area contributed by atoms with E-state index in [4.69, 9.17) is 10.4 Å². The lowest BCUT2D eigenvalue weighted by Crippen LogP contribution is -2.20. The molecule has 0 saturated heterocycles. The normalized spacial score (nSPS) is 12.7. The van der Waals surface area contributed by atoms with Gasteiger partial charge in [-0.15, -0.1) is 4.36 Å². The molecular formula is C18H16N6O4S. The quantitative estimate of drug-likeness (QED) is 0.595. The van der Waals surface area contributed by atoms with Gasteiger partial charge in [-0.05, 0) is 43.8 Å². The minimum Gasteiger partial charge on any atom is -0.493 e. The zero-order valence-electron chi connectivity index (χ0n) is 15.4. The van der Waals surface area contributed by atoms with Gasteiger partial charge in [-0.1, -0.05) is 12.1 Å². The summed E-state index contributed by atoms with van der Waals surface area (Å²) in [6.45, 7) is 1.72. The number of benzene rings is 1. The number of aromatic nitrogens is 3. The number of carbonyl (C=O) groups is 1. The SMILES string of the molecule is CNS(=O)(=NC(=O)O)c1ccc(-n2nc(C)c(-c3ccc(C#N)cc3)c2O)nc1. The Morgan fingerprint density at radius 3 is 2.48 bits per heavy atom. The number of nitrogens with one attached hydrogen (secondary N) is 1. The zero-order chi connectivity index (χ0) is 21.2. The Labute approximate surface area is 166 Å². The second-order valence-corrected chi connectivity index (χ2v) is 7.95. The maximum absolute atomic E-state index is 12.6. The van der Waals surface area contributed by atoms with E-state index in [2.05, 4.69) is 19.2 Å². The molecule has 0 saturated carbocycles. The summed E-state index contributed by atoms with van der Waals surface area (Å²) in [6, 6.07) is 11.6. The first-order valence-corrected chi connectivity index (χ1v) is 9.74. The molecule has 0 spiro atoms. The standard InChI is InChI=1S/C18H16N6O4S/c1-11-16(13-5-3-12(9-19)4-6-13)17(25)24(22-11)15-8-7-14(10-21-15)29(28,20-2)23-18(26)27/h3-8,10,25H,1-2H3,(H,26,27)(H,20,23,28). The van der Waals surface area contributed by atoms with E-state index in [0.717, 1.165) is 0 Å². The number of aromatic hydroxyl groups is 1. The highest BCUT2D eigenvalue weighted by Crippen LogP contribution is 2.34. The van der Waals surface area contributed by atoms with Crippen LogP contribution in [-0.2, 0) is 9.92 Å². The van der Waals surface area contributed by atoms with Crippen molar-refractivity contribution in [2.75, 3.05) is 7.05 Å². The molecule has 1 aromatic carbocycles. The van der Waals surface area contributed by atoms with Gasteiger partial charge in [-0.2, -0.15) is 15.0 Å². The molecule has 29 heavy (non-hydrogen) atoms. The molecule has 1 amide bonds. The Morgan fingerprint density at radius 1 is 1.28 bits per heavy atom. The molecule has 0 aliphatic rings. The summed E-state index contributed by atoms with van der Waals surface area (Å²) in [5, 5.41) is 32.7. The molecule has 2 aromatic heterocycles. The van der Waals surface area contributed by atoms with Gasteiger partial charge < -0.3 is 10.2 Å². The predicted molar refractivity (Wildman–Crippen MR) is 104 cm³/mol. The molecule has 0 aliphatic carbocycles. The average Bonchev–Trinajstić information content (AvgIpc) is 3.01. The second-order valence-electron chi connectivity index (χ2n) is 5.84. The third kappa shape index (κ3) is 3.79. The van der Waals surface area contributed by atoms with E-state index in [0.29, 0.717) is 22.4 Å². The monoisotopic (exact) mass is 412 g/mol. The molecule has 1 atom stereocenters. The highest BCUT2D eigenvalue weighted by Gasteiger charge is 2.19. The molecule has 0 aliphatic heterocycles. The number of aryl methyl sites for hydroxylation is 1. The van der Waals surface area contributed by atoms with Crippen LogP contribution in [0.15, 0.2) is 51.9 Å². The number of hydrogen-bond acceptors (Lipinski definition) is 6. The van der Waals surface area contributed by atoms with Crippen LogP contribution in [-0.4, -0.2) is 42.3 Å². The predicted octanol–water partition coefficient (Wildman–Crippen LogP) is 2.46. The second kappa shape index (κ2) is 7.70. The number of nitrogens with zero attached hydrogens (tertiary/aromatic N) is 5. The van der Waals surface area contributed by atoms with Crippen LogP contribution in [0.3, 0.4) is 0 Å². The molecule has 0 radical (unpaired) electrons. The van der Waals surface area contributed by atoms with Crippen LogP contribution >= 0.6 is 0 Å². The first kappa shape index (κ1) is 20.0. The summed E-state index contributed by atoms with van der Waals surface area (Å²) in [4.78, 5) is 15.0. The van der Waals surface area contributed by atoms with Crippen LogP contribution in [0, 0.1) is 18.3 Å². The molecule has 0 bridgehead atoms. The molecule has 3 rings (SSSR count). The van der Waals surface area contributed by atoms with Gasteiger partial charge >= 0.3 is 6.09 Å². The van der Waals surface area contributed by atoms with Crippen molar-refractivity contribution in [3.8, 4) is 28.9 Å². The number of hydrogen-bond donors (Lipinski definition) is 3. The lowest BCUT2D eigenvalue weighted by atomic mass is 10.0. The summed E-state index contributed by atoms with van der Waals surface area (Å²) >= 11 is 0. The van der Waals surface area contributed by atoms with Crippen molar-refractivity contribution in [3.05, 3.63) is 53.9 Å². The van der Waals surface area contributed by atoms with Gasteiger partial charge in [0, 0.05) is 6.20 Å². The molecule has 148 valence electrons. The van der Waals surface area contributed by atoms with Gasteiger partial charge in [-0.25, -0.2) is 18.7 Å². The number of amides is 1. The summed E-state index contributed by atoms with van der Waals surface area (Å²) in [5.74, 6) is 0.0828. The lowest BCUT2D eigenvalue weighted by Gasteiger charge is -2.08. The lowest BCUT2D eigenvalue weighted by molar-refractivity contribution is 0.206. The fourth-order valence-corrected chi connectivity index (χ4v) is 3.81. The van der Waals surface area contributed by atoms with Gasteiger partial charge in [0.15, 0.2) is 5.82 Å². The van der Waals surface area contributed by atoms with E-state index in [9.17, 15) is 14.1 Å². The largest absolute Gasteiger partial charge is 0.493 e. The van der Waals surface area contributed by atoms with Crippen molar-refractivity contribution in [1.29, 1.82) is 5.26 Å². The van der Waals surface area contributed by atoms with Crippen LogP contribution in [0.4, 0.5) is 4.79 Å². The maximum Gasteiger partial charge on any atom is 0.440 e. The third-order valence-electron chi connectivity index (χ3n) is 4.08. The molecule has 3 N–H and O–H groups in total. The first-order chi connectivity index (χ1) is 13.8. The van der Waals surface area contributed by atoms with E-state index in [-0.39, 0.29) is 16.6 Å². The number of rotatable bonds is 4. The number of pyridine rings is 1. The van der Waals surface area contributed by atoms with Crippen molar-refractivity contribution in [3.63, 3.8) is 0 Å². The molecule has 0 fully saturated rings. The van der Waals surface area contributed by atoms with Gasteiger partial charge in [0.2, 0.25) is 5.88 Å². The van der Waals surface area contributed by atoms with E-state index in [1.807, 2.05) is 6.07 Å². The topological polar surface area (TPSA) is 153 Å². The number of nitriles is 1. The van der Waals surface area contributed by atoms with E-state index in [1.165, 1.54) is 30.1 Å². The molecule has 11 heteroatoms. The minimum atomic E-state index is -3.37. The Morgan fingerprint density at radius 2 is 1.97 bits per heavy atom. The van der Waals surface area contributed by atoms with E-state index in [1.54, 1.807) is 31.2 Å². The van der Waals surface area contributed by atoms with Crippen LogP contribution in [0.1, 0.15) is 11.3 Å². The van der Waals surface area contributed by atoms with Crippen LogP contribution in [0.25, 0.3) is 16.9 Å². The molecule has 10 nitrogen and oxygen atoms in total. The van der Waals surface area contributed by atoms with E-state index < -0.39 is 16.0 Å². The summed E-state index contributed by atoms with van der Waals surface area (Å²) in [5.41, 5.74) is 2.20. The summed E-state index contributed by atoms with van der Waals surface area (Å²) in [7, 11) is -2.04. The molecule has 1 unspecified atom stereocenters. The van der Waals surface area contributed by atoms with Crippen molar-refractivity contribution < 1.29 is 19.2 Å². The zero-order valence-corrected chi connectivity index (χ0v) is 16.2. The van der Waals surface area contributed by atoms with Gasteiger partial charge in [0.25, 0.3) is 0 Å². The van der Waals surface area contributed by atoms with E-state index >= 15 is 0 Å². The molecular weight excluding hydrogens is 396 g/mol. The van der Waals surface area contributed by atoms with Crippen LogP contribution in [0.5, 0.6) is 5.88 Å². The van der Waals surface area contributed by atoms with Crippen molar-refractivity contribution in [2.45, 2.75) is 11.8 Å². The Hall–Kier alpha value is -3.75. The fraction of sp³-hybridized carbons (Fsp3) is 0.111. The highest BCUT2D eigenvalue weighted by molar-refractivity contribution is 7.92. The third-order valence-corrected chi connectivity index (χ3v) is 5.93. The molecule has 3 aromatic rings. The maximum atomic E-state index is 12.6. The fourth-order valence-electron chi connectivity index (χ4n) is 2.71. The van der Waals surface area contributed by atoms with Gasteiger partial charge in [0.05, 0.1) is 27.8 Å². The average molecular weight is 412 g/mol. The molecule has 2 heterocycles. The smallest absolute Gasteiger partial charge is 0.440 e. The van der Waals surface area contributed by atoms with Gasteiger partial charge in [-0.3, -0.25) is 0 Å².